The molecule has 1 aromatic heterocycles. The number of aromatic nitrogens is 2. The number of rotatable bonds is 7. The van der Waals surface area contributed by atoms with Crippen molar-refractivity contribution in [1.82, 2.24) is 9.97 Å². The lowest BCUT2D eigenvalue weighted by Crippen LogP contribution is -2.32. The Bertz CT molecular complexity index is 1720. The van der Waals surface area contributed by atoms with Gasteiger partial charge < -0.3 is 19.5 Å². The molecule has 2 heterocycles. The van der Waals surface area contributed by atoms with Crippen molar-refractivity contribution in [3.05, 3.63) is 103 Å². The molecule has 0 spiro atoms. The summed E-state index contributed by atoms with van der Waals surface area (Å²) in [5, 5.41) is 2.80. The van der Waals surface area contributed by atoms with Gasteiger partial charge in [0.05, 0.1) is 28.0 Å². The van der Waals surface area contributed by atoms with Crippen LogP contribution in [0, 0.1) is 0 Å². The fourth-order valence-corrected chi connectivity index (χ4v) is 4.64. The van der Waals surface area contributed by atoms with E-state index in [0.717, 1.165) is 16.8 Å². The Morgan fingerprint density at radius 1 is 0.780 bits per heavy atom. The van der Waals surface area contributed by atoms with Gasteiger partial charge in [0.15, 0.2) is 17.6 Å². The maximum absolute atomic E-state index is 13.2. The Labute approximate surface area is 236 Å². The van der Waals surface area contributed by atoms with E-state index < -0.39 is 18.0 Å². The number of nitrogens with zero attached hydrogens (tertiary/aromatic N) is 2. The Hall–Kier alpha value is -5.24. The van der Waals surface area contributed by atoms with Gasteiger partial charge in [-0.2, -0.15) is 0 Å². The Balaban J connectivity index is 1.25. The molecule has 8 nitrogen and oxygen atoms in total. The number of nitrogens with one attached hydrogen (secondary N) is 1. The van der Waals surface area contributed by atoms with E-state index in [1.54, 1.807) is 43.3 Å². The van der Waals surface area contributed by atoms with Crippen LogP contribution in [0.4, 0.5) is 5.69 Å². The highest BCUT2D eigenvalue weighted by Gasteiger charge is 2.24. The molecule has 1 amide bonds. The standard InChI is InChI=1S/C33H27N3O5/c1-2-27(32(37)34-24-14-16-28-29(20-24)40-18-17-39-28)41-33(38)23-13-15-25-26(19-23)36-31(22-11-7-4-8-12-22)30(35-25)21-9-5-3-6-10-21/h3-16,19-20,27H,2,17-18H2,1H3,(H,34,37). The first-order valence-corrected chi connectivity index (χ1v) is 13.4. The normalized spacial score (nSPS) is 12.9. The zero-order valence-electron chi connectivity index (χ0n) is 22.4. The van der Waals surface area contributed by atoms with Crippen LogP contribution in [0.5, 0.6) is 11.5 Å². The van der Waals surface area contributed by atoms with Gasteiger partial charge in [-0.1, -0.05) is 67.6 Å². The minimum atomic E-state index is -0.988. The zero-order chi connectivity index (χ0) is 28.2. The third-order valence-corrected chi connectivity index (χ3v) is 6.72. The molecule has 0 fully saturated rings. The minimum absolute atomic E-state index is 0.281. The number of benzene rings is 4. The lowest BCUT2D eigenvalue weighted by Gasteiger charge is -2.20. The lowest BCUT2D eigenvalue weighted by molar-refractivity contribution is -0.124. The first-order valence-electron chi connectivity index (χ1n) is 13.4. The average Bonchev–Trinajstić information content (AvgIpc) is 3.03. The second-order valence-corrected chi connectivity index (χ2v) is 9.51. The molecule has 0 saturated heterocycles. The molecule has 8 heteroatoms. The molecular weight excluding hydrogens is 518 g/mol. The number of carbonyl (C=O) groups is 2. The van der Waals surface area contributed by atoms with Crippen molar-refractivity contribution in [1.29, 1.82) is 0 Å². The van der Waals surface area contributed by atoms with E-state index >= 15 is 0 Å². The summed E-state index contributed by atoms with van der Waals surface area (Å²) < 4.78 is 16.7. The summed E-state index contributed by atoms with van der Waals surface area (Å²) in [5.74, 6) is 0.128. The van der Waals surface area contributed by atoms with E-state index in [4.69, 9.17) is 24.2 Å². The van der Waals surface area contributed by atoms with E-state index in [-0.39, 0.29) is 5.56 Å². The molecule has 4 aromatic carbocycles. The maximum atomic E-state index is 13.2. The van der Waals surface area contributed by atoms with Gasteiger partial charge in [0.2, 0.25) is 0 Å². The van der Waals surface area contributed by atoms with Crippen molar-refractivity contribution in [2.75, 3.05) is 18.5 Å². The summed E-state index contributed by atoms with van der Waals surface area (Å²) in [7, 11) is 0. The largest absolute Gasteiger partial charge is 0.486 e. The van der Waals surface area contributed by atoms with Crippen molar-refractivity contribution < 1.29 is 23.8 Å². The van der Waals surface area contributed by atoms with Gasteiger partial charge in [-0.15, -0.1) is 0 Å². The number of carbonyl (C=O) groups excluding carboxylic acids is 2. The molecule has 1 aliphatic heterocycles. The van der Waals surface area contributed by atoms with Crippen LogP contribution in [0.3, 0.4) is 0 Å². The number of anilines is 1. The number of hydrogen-bond acceptors (Lipinski definition) is 7. The number of ether oxygens (including phenoxy) is 3. The lowest BCUT2D eigenvalue weighted by atomic mass is 10.0. The van der Waals surface area contributed by atoms with Gasteiger partial charge >= 0.3 is 5.97 Å². The quantitative estimate of drug-likeness (QED) is 0.239. The predicted molar refractivity (Wildman–Crippen MR) is 156 cm³/mol. The van der Waals surface area contributed by atoms with Crippen LogP contribution in [0.1, 0.15) is 23.7 Å². The van der Waals surface area contributed by atoms with Gasteiger partial charge in [0, 0.05) is 22.9 Å². The van der Waals surface area contributed by atoms with Gasteiger partial charge in [0.25, 0.3) is 5.91 Å². The smallest absolute Gasteiger partial charge is 0.338 e. The highest BCUT2D eigenvalue weighted by Crippen LogP contribution is 2.33. The Kier molecular flexibility index (Phi) is 7.28. The van der Waals surface area contributed by atoms with Gasteiger partial charge in [-0.25, -0.2) is 14.8 Å². The van der Waals surface area contributed by atoms with Crippen molar-refractivity contribution in [2.45, 2.75) is 19.4 Å². The number of fused-ring (bicyclic) bond motifs is 2. The molecule has 0 bridgehead atoms. The minimum Gasteiger partial charge on any atom is -0.486 e. The average molecular weight is 546 g/mol. The molecule has 0 saturated carbocycles. The first kappa shape index (κ1) is 26.0. The summed E-state index contributed by atoms with van der Waals surface area (Å²) in [5.41, 5.74) is 5.31. The Morgan fingerprint density at radius 2 is 1.41 bits per heavy atom. The van der Waals surface area contributed by atoms with Crippen LogP contribution in [-0.4, -0.2) is 41.2 Å². The topological polar surface area (TPSA) is 99.6 Å². The second-order valence-electron chi connectivity index (χ2n) is 9.51. The molecule has 41 heavy (non-hydrogen) atoms. The highest BCUT2D eigenvalue weighted by atomic mass is 16.6. The van der Waals surface area contributed by atoms with Crippen LogP contribution in [-0.2, 0) is 9.53 Å². The van der Waals surface area contributed by atoms with E-state index in [2.05, 4.69) is 5.32 Å². The number of amides is 1. The van der Waals surface area contributed by atoms with Crippen molar-refractivity contribution in [3.8, 4) is 34.0 Å². The molecular formula is C33H27N3O5. The molecule has 1 unspecified atom stereocenters. The van der Waals surface area contributed by atoms with E-state index in [1.165, 1.54) is 0 Å². The van der Waals surface area contributed by atoms with Crippen molar-refractivity contribution in [3.63, 3.8) is 0 Å². The van der Waals surface area contributed by atoms with Gasteiger partial charge in [0.1, 0.15) is 13.2 Å². The van der Waals surface area contributed by atoms with Crippen LogP contribution >= 0.6 is 0 Å². The predicted octanol–water partition coefficient (Wildman–Crippen LogP) is 6.31. The summed E-state index contributed by atoms with van der Waals surface area (Å²) in [4.78, 5) is 36.0. The zero-order valence-corrected chi connectivity index (χ0v) is 22.4. The van der Waals surface area contributed by atoms with Gasteiger partial charge in [-0.3, -0.25) is 4.79 Å². The fourth-order valence-electron chi connectivity index (χ4n) is 4.64. The molecule has 6 rings (SSSR count). The summed E-state index contributed by atoms with van der Waals surface area (Å²) in [6.07, 6.45) is -0.688. The van der Waals surface area contributed by atoms with E-state index in [9.17, 15) is 9.59 Å². The molecule has 204 valence electrons. The van der Waals surface area contributed by atoms with Crippen LogP contribution in [0.25, 0.3) is 33.5 Å². The summed E-state index contributed by atoms with van der Waals surface area (Å²) >= 11 is 0. The maximum Gasteiger partial charge on any atom is 0.338 e. The van der Waals surface area contributed by atoms with E-state index in [1.807, 2.05) is 60.7 Å². The molecule has 1 N–H and O–H groups in total. The van der Waals surface area contributed by atoms with Crippen molar-refractivity contribution >= 4 is 28.6 Å². The third kappa shape index (κ3) is 5.58. The first-order chi connectivity index (χ1) is 20.1. The van der Waals surface area contributed by atoms with Crippen LogP contribution in [0.2, 0.25) is 0 Å². The fraction of sp³-hybridized carbons (Fsp3) is 0.152. The SMILES string of the molecule is CCC(OC(=O)c1ccc2nc(-c3ccccc3)c(-c3ccccc3)nc2c1)C(=O)Nc1ccc2c(c1)OCCO2. The second kappa shape index (κ2) is 11.5. The summed E-state index contributed by atoms with van der Waals surface area (Å²) in [6.45, 7) is 2.70. The number of esters is 1. The third-order valence-electron chi connectivity index (χ3n) is 6.72. The molecule has 0 aliphatic carbocycles. The monoisotopic (exact) mass is 545 g/mol. The molecule has 5 aromatic rings. The van der Waals surface area contributed by atoms with Crippen LogP contribution < -0.4 is 14.8 Å². The van der Waals surface area contributed by atoms with Gasteiger partial charge in [-0.05, 0) is 36.8 Å². The molecule has 0 radical (unpaired) electrons. The van der Waals surface area contributed by atoms with Crippen molar-refractivity contribution in [2.24, 2.45) is 0 Å². The number of hydrogen-bond donors (Lipinski definition) is 1. The molecule has 1 aliphatic rings. The summed E-state index contributed by atoms with van der Waals surface area (Å²) in [6, 6.07) is 29.9. The van der Waals surface area contributed by atoms with Crippen LogP contribution in [0.15, 0.2) is 97.1 Å². The Morgan fingerprint density at radius 3 is 2.07 bits per heavy atom. The highest BCUT2D eigenvalue weighted by molar-refractivity contribution is 5.99. The van der Waals surface area contributed by atoms with E-state index in [0.29, 0.717) is 53.5 Å². The molecule has 1 atom stereocenters.